The summed E-state index contributed by atoms with van der Waals surface area (Å²) in [6.45, 7) is 15.5. The van der Waals surface area contributed by atoms with E-state index in [4.69, 9.17) is 4.43 Å². The van der Waals surface area contributed by atoms with Crippen LogP contribution in [0.4, 0.5) is 0 Å². The maximum absolute atomic E-state index is 11.4. The molecule has 0 aromatic carbocycles. The molecule has 0 aliphatic carbocycles. The van der Waals surface area contributed by atoms with Gasteiger partial charge in [-0.25, -0.2) is 0 Å². The van der Waals surface area contributed by atoms with Gasteiger partial charge in [0.1, 0.15) is 7.14 Å². The molecule has 0 radical (unpaired) electrons. The second kappa shape index (κ2) is 5.66. The zero-order valence-corrected chi connectivity index (χ0v) is 13.7. The maximum Gasteiger partial charge on any atom is 0.191 e. The molecule has 96 valence electrons. The molecule has 0 fully saturated rings. The smallest absolute Gasteiger partial charge is 0.191 e. The summed E-state index contributed by atoms with van der Waals surface area (Å²) < 4.78 is 17.4. The SMILES string of the molecule is CC(C)(C)[Si](C)(C)OCC/C=C/P(C)(C)=O. The Morgan fingerprint density at radius 1 is 1.25 bits per heavy atom. The molecule has 16 heavy (non-hydrogen) atoms. The van der Waals surface area contributed by atoms with Crippen molar-refractivity contribution >= 4 is 15.5 Å². The highest BCUT2D eigenvalue weighted by molar-refractivity contribution is 7.65. The molecule has 0 saturated heterocycles. The van der Waals surface area contributed by atoms with Crippen molar-refractivity contribution in [3.63, 3.8) is 0 Å². The summed E-state index contributed by atoms with van der Waals surface area (Å²) in [5.41, 5.74) is 0. The molecule has 0 unspecified atom stereocenters. The highest BCUT2D eigenvalue weighted by Gasteiger charge is 2.36. The Bertz CT molecular complexity index is 284. The summed E-state index contributed by atoms with van der Waals surface area (Å²) in [6, 6.07) is 0. The van der Waals surface area contributed by atoms with E-state index in [1.54, 1.807) is 13.3 Å². The van der Waals surface area contributed by atoms with Crippen molar-refractivity contribution in [2.45, 2.75) is 45.3 Å². The number of hydrogen-bond acceptors (Lipinski definition) is 2. The van der Waals surface area contributed by atoms with E-state index < -0.39 is 15.5 Å². The van der Waals surface area contributed by atoms with Crippen LogP contribution in [0.25, 0.3) is 0 Å². The second-order valence-corrected chi connectivity index (χ2v) is 14.2. The fourth-order valence-electron chi connectivity index (χ4n) is 0.927. The van der Waals surface area contributed by atoms with Crippen molar-refractivity contribution in [3.05, 3.63) is 11.9 Å². The van der Waals surface area contributed by atoms with Crippen LogP contribution in [-0.2, 0) is 8.99 Å². The minimum absolute atomic E-state index is 0.265. The lowest BCUT2D eigenvalue weighted by atomic mass is 10.2. The molecule has 2 nitrogen and oxygen atoms in total. The summed E-state index contributed by atoms with van der Waals surface area (Å²) in [6.07, 6.45) is 2.84. The third-order valence-electron chi connectivity index (χ3n) is 3.02. The molecule has 0 amide bonds. The topological polar surface area (TPSA) is 26.3 Å². The molecule has 0 saturated carbocycles. The molecule has 0 aromatic heterocycles. The van der Waals surface area contributed by atoms with Gasteiger partial charge in [0, 0.05) is 6.61 Å². The first-order valence-corrected chi connectivity index (χ1v) is 11.4. The second-order valence-electron chi connectivity index (χ2n) is 6.22. The van der Waals surface area contributed by atoms with Crippen LogP contribution in [0.3, 0.4) is 0 Å². The van der Waals surface area contributed by atoms with Crippen molar-refractivity contribution in [2.75, 3.05) is 19.9 Å². The summed E-state index contributed by atoms with van der Waals surface area (Å²) in [7, 11) is -3.61. The zero-order chi connectivity index (χ0) is 13.0. The molecule has 0 N–H and O–H groups in total. The largest absolute Gasteiger partial charge is 0.417 e. The zero-order valence-electron chi connectivity index (χ0n) is 11.8. The summed E-state index contributed by atoms with van der Waals surface area (Å²) in [5, 5.41) is 0.265. The van der Waals surface area contributed by atoms with Crippen molar-refractivity contribution in [1.29, 1.82) is 0 Å². The lowest BCUT2D eigenvalue weighted by Gasteiger charge is -2.36. The van der Waals surface area contributed by atoms with Gasteiger partial charge in [-0.2, -0.15) is 0 Å². The van der Waals surface area contributed by atoms with E-state index in [0.717, 1.165) is 13.0 Å². The van der Waals surface area contributed by atoms with Gasteiger partial charge in [-0.05, 0) is 43.7 Å². The van der Waals surface area contributed by atoms with Crippen molar-refractivity contribution < 1.29 is 8.99 Å². The van der Waals surface area contributed by atoms with Crippen molar-refractivity contribution in [1.82, 2.24) is 0 Å². The predicted molar refractivity (Wildman–Crippen MR) is 76.4 cm³/mol. The predicted octanol–water partition coefficient (Wildman–Crippen LogP) is 4.53. The van der Waals surface area contributed by atoms with Gasteiger partial charge in [0.2, 0.25) is 0 Å². The Hall–Kier alpha value is 0.147. The molecule has 0 atom stereocenters. The quantitative estimate of drug-likeness (QED) is 0.413. The molecule has 4 heteroatoms. The van der Waals surface area contributed by atoms with Crippen LogP contribution >= 0.6 is 7.14 Å². The third kappa shape index (κ3) is 6.67. The molecule has 0 bridgehead atoms. The number of hydrogen-bond donors (Lipinski definition) is 0. The van der Waals surface area contributed by atoms with Crippen molar-refractivity contribution in [2.24, 2.45) is 0 Å². The van der Waals surface area contributed by atoms with E-state index >= 15 is 0 Å². The fourth-order valence-corrected chi connectivity index (χ4v) is 2.64. The van der Waals surface area contributed by atoms with E-state index in [1.807, 2.05) is 11.9 Å². The lowest BCUT2D eigenvalue weighted by Crippen LogP contribution is -2.40. The van der Waals surface area contributed by atoms with Gasteiger partial charge in [0.15, 0.2) is 8.32 Å². The summed E-state index contributed by atoms with van der Waals surface area (Å²) in [5.74, 6) is 1.82. The van der Waals surface area contributed by atoms with Gasteiger partial charge >= 0.3 is 0 Å². The molecule has 0 rings (SSSR count). The Balaban J connectivity index is 4.01. The van der Waals surface area contributed by atoms with E-state index in [-0.39, 0.29) is 5.04 Å². The monoisotopic (exact) mass is 262 g/mol. The van der Waals surface area contributed by atoms with Gasteiger partial charge in [0.25, 0.3) is 0 Å². The van der Waals surface area contributed by atoms with Crippen LogP contribution in [0.1, 0.15) is 27.2 Å². The first-order valence-electron chi connectivity index (χ1n) is 5.82. The molecule has 0 heterocycles. The standard InChI is InChI=1S/C12H27O2PSi/c1-12(2,3)16(6,7)14-10-8-9-11-15(4,5)13/h9,11H,8,10H2,1-7H3/b11-9+. The van der Waals surface area contributed by atoms with E-state index in [0.29, 0.717) is 0 Å². The normalized spacial score (nSPS) is 14.7. The molecule has 0 aliphatic rings. The molecular weight excluding hydrogens is 235 g/mol. The van der Waals surface area contributed by atoms with E-state index in [1.165, 1.54) is 0 Å². The Morgan fingerprint density at radius 3 is 2.12 bits per heavy atom. The van der Waals surface area contributed by atoms with Crippen LogP contribution in [-0.4, -0.2) is 28.3 Å². The Kier molecular flexibility index (Phi) is 5.71. The van der Waals surface area contributed by atoms with E-state index in [9.17, 15) is 4.57 Å². The minimum Gasteiger partial charge on any atom is -0.417 e. The van der Waals surface area contributed by atoms with Crippen LogP contribution in [0.2, 0.25) is 18.1 Å². The lowest BCUT2D eigenvalue weighted by molar-refractivity contribution is 0.294. The van der Waals surface area contributed by atoms with Crippen LogP contribution in [0, 0.1) is 0 Å². The van der Waals surface area contributed by atoms with Gasteiger partial charge in [0.05, 0.1) is 0 Å². The minimum atomic E-state index is -2.00. The Morgan fingerprint density at radius 2 is 1.75 bits per heavy atom. The summed E-state index contributed by atoms with van der Waals surface area (Å²) in [4.78, 5) is 0. The van der Waals surface area contributed by atoms with Gasteiger partial charge in [-0.3, -0.25) is 0 Å². The molecule has 0 aromatic rings. The molecule has 0 aliphatic heterocycles. The maximum atomic E-state index is 11.4. The van der Waals surface area contributed by atoms with E-state index in [2.05, 4.69) is 33.9 Å². The average Bonchev–Trinajstić information content (AvgIpc) is 1.98. The summed E-state index contributed by atoms with van der Waals surface area (Å²) >= 11 is 0. The highest BCUT2D eigenvalue weighted by Crippen LogP contribution is 2.38. The molecular formula is C12H27O2PSi. The van der Waals surface area contributed by atoms with Gasteiger partial charge < -0.3 is 8.99 Å². The van der Waals surface area contributed by atoms with Gasteiger partial charge in [-0.1, -0.05) is 26.8 Å². The highest BCUT2D eigenvalue weighted by atomic mass is 31.2. The Labute approximate surface area is 102 Å². The van der Waals surface area contributed by atoms with Crippen molar-refractivity contribution in [3.8, 4) is 0 Å². The average molecular weight is 262 g/mol. The van der Waals surface area contributed by atoms with Crippen LogP contribution in [0.5, 0.6) is 0 Å². The number of rotatable bonds is 5. The molecule has 0 spiro atoms. The van der Waals surface area contributed by atoms with Crippen LogP contribution < -0.4 is 0 Å². The first-order chi connectivity index (χ1) is 6.96. The third-order valence-corrected chi connectivity index (χ3v) is 8.49. The fraction of sp³-hybridized carbons (Fsp3) is 0.833. The van der Waals surface area contributed by atoms with Gasteiger partial charge in [-0.15, -0.1) is 0 Å². The first kappa shape index (κ1) is 16.1. The van der Waals surface area contributed by atoms with Crippen LogP contribution in [0.15, 0.2) is 11.9 Å².